The second-order valence-corrected chi connectivity index (χ2v) is 18.5. The van der Waals surface area contributed by atoms with E-state index in [4.69, 9.17) is 69.6 Å². The van der Waals surface area contributed by atoms with Crippen LogP contribution >= 0.6 is 69.6 Å². The van der Waals surface area contributed by atoms with Crippen molar-refractivity contribution in [2.24, 2.45) is 17.8 Å². The molecule has 3 aliphatic heterocycles. The Hall–Kier alpha value is -0.720. The molecule has 0 radical (unpaired) electrons. The summed E-state index contributed by atoms with van der Waals surface area (Å²) in [6, 6.07) is 18.6. The van der Waals surface area contributed by atoms with Crippen LogP contribution < -0.4 is 16.0 Å². The second kappa shape index (κ2) is 16.6. The van der Waals surface area contributed by atoms with Crippen molar-refractivity contribution in [2.45, 2.75) is 93.3 Å². The van der Waals surface area contributed by atoms with Gasteiger partial charge in [0, 0.05) is 35.9 Å². The van der Waals surface area contributed by atoms with Gasteiger partial charge in [-0.25, -0.2) is 0 Å². The van der Waals surface area contributed by atoms with Gasteiger partial charge in [0.2, 0.25) is 0 Å². The summed E-state index contributed by atoms with van der Waals surface area (Å²) in [6.07, 6.45) is 16.0. The molecule has 0 spiro atoms. The molecule has 3 aromatic carbocycles. The summed E-state index contributed by atoms with van der Waals surface area (Å²) < 4.78 is 0. The largest absolute Gasteiger partial charge is 0.316 e. The maximum Gasteiger partial charge on any atom is 0.0595 e. The summed E-state index contributed by atoms with van der Waals surface area (Å²) >= 11 is 36.5. The van der Waals surface area contributed by atoms with E-state index in [1.165, 1.54) is 93.7 Å². The molecule has 3 aliphatic carbocycles. The molecule has 0 bridgehead atoms. The van der Waals surface area contributed by atoms with Crippen molar-refractivity contribution in [1.82, 2.24) is 16.0 Å². The van der Waals surface area contributed by atoms with Crippen molar-refractivity contribution in [3.8, 4) is 0 Å². The minimum absolute atomic E-state index is 0.312. The molecule has 3 heterocycles. The first-order chi connectivity index (χ1) is 24.7. The van der Waals surface area contributed by atoms with Gasteiger partial charge in [-0.15, -0.1) is 0 Å². The highest BCUT2D eigenvalue weighted by Gasteiger charge is 2.47. The molecule has 9 heteroatoms. The molecule has 3 saturated carbocycles. The number of rotatable bonds is 3. The van der Waals surface area contributed by atoms with E-state index >= 15 is 0 Å². The monoisotopic (exact) mass is 807 g/mol. The lowest BCUT2D eigenvalue weighted by Gasteiger charge is -2.39. The van der Waals surface area contributed by atoms with Crippen LogP contribution in [0, 0.1) is 17.8 Å². The third kappa shape index (κ3) is 7.74. The van der Waals surface area contributed by atoms with Crippen LogP contribution in [0.25, 0.3) is 0 Å². The Morgan fingerprint density at radius 3 is 0.961 bits per heavy atom. The van der Waals surface area contributed by atoms with Crippen molar-refractivity contribution < 1.29 is 0 Å². The molecule has 276 valence electrons. The molecule has 3 N–H and O–H groups in total. The van der Waals surface area contributed by atoms with Crippen LogP contribution in [0.5, 0.6) is 0 Å². The molecular weight excluding hydrogens is 759 g/mol. The van der Waals surface area contributed by atoms with Crippen molar-refractivity contribution in [3.63, 3.8) is 0 Å². The maximum absolute atomic E-state index is 6.17. The predicted molar refractivity (Wildman–Crippen MR) is 219 cm³/mol. The molecule has 3 nitrogen and oxygen atoms in total. The minimum atomic E-state index is 0.312. The molecule has 6 atom stereocenters. The van der Waals surface area contributed by atoms with E-state index in [9.17, 15) is 0 Å². The smallest absolute Gasteiger partial charge is 0.0595 e. The van der Waals surface area contributed by atoms with Crippen molar-refractivity contribution >= 4 is 69.6 Å². The van der Waals surface area contributed by atoms with Crippen LogP contribution in [0.3, 0.4) is 0 Å². The molecule has 0 amide bonds. The first-order valence-electron chi connectivity index (χ1n) is 19.2. The molecule has 3 aromatic rings. The van der Waals surface area contributed by atoms with Gasteiger partial charge in [-0.05, 0) is 129 Å². The first-order valence-corrected chi connectivity index (χ1v) is 21.4. The molecule has 6 aliphatic rings. The third-order valence-electron chi connectivity index (χ3n) is 13.6. The Bertz CT molecular complexity index is 1490. The average Bonchev–Trinajstić information content (AvgIpc) is 3.90. The zero-order chi connectivity index (χ0) is 35.6. The van der Waals surface area contributed by atoms with Gasteiger partial charge in [0.25, 0.3) is 0 Å². The third-order valence-corrected chi connectivity index (χ3v) is 15.8. The van der Waals surface area contributed by atoms with E-state index in [0.717, 1.165) is 57.0 Å². The second-order valence-electron chi connectivity index (χ2n) is 16.1. The zero-order valence-electron chi connectivity index (χ0n) is 29.4. The van der Waals surface area contributed by atoms with Gasteiger partial charge in [-0.2, -0.15) is 0 Å². The number of halogens is 6. The highest BCUT2D eigenvalue weighted by molar-refractivity contribution is 6.43. The van der Waals surface area contributed by atoms with Crippen LogP contribution in [0.1, 0.15) is 93.7 Å². The highest BCUT2D eigenvalue weighted by Crippen LogP contribution is 2.49. The number of benzene rings is 3. The van der Waals surface area contributed by atoms with Crippen molar-refractivity contribution in [3.05, 3.63) is 101 Å². The fourth-order valence-corrected chi connectivity index (χ4v) is 11.7. The molecule has 9 rings (SSSR count). The summed E-state index contributed by atoms with van der Waals surface area (Å²) in [6.45, 7) is 6.74. The van der Waals surface area contributed by atoms with Crippen LogP contribution in [-0.4, -0.2) is 39.3 Å². The normalized spacial score (nSPS) is 32.5. The quantitative estimate of drug-likeness (QED) is 0.247. The first kappa shape index (κ1) is 38.6. The molecule has 3 unspecified atom stereocenters. The molecule has 3 saturated heterocycles. The minimum Gasteiger partial charge on any atom is -0.316 e. The van der Waals surface area contributed by atoms with E-state index in [-0.39, 0.29) is 0 Å². The molecule has 51 heavy (non-hydrogen) atoms. The summed E-state index contributed by atoms with van der Waals surface area (Å²) in [5, 5.41) is 14.7. The van der Waals surface area contributed by atoms with Crippen LogP contribution in [0.4, 0.5) is 0 Å². The van der Waals surface area contributed by atoms with E-state index in [1.807, 2.05) is 18.2 Å². The molecule has 6 fully saturated rings. The fraction of sp³-hybridized carbons (Fsp3) is 0.571. The summed E-state index contributed by atoms with van der Waals surface area (Å²) in [5.41, 5.74) is 5.07. The summed E-state index contributed by atoms with van der Waals surface area (Å²) in [5.74, 6) is 2.32. The number of nitrogens with one attached hydrogen (secondary N) is 3. The van der Waals surface area contributed by atoms with Crippen LogP contribution in [-0.2, 0) is 16.2 Å². The van der Waals surface area contributed by atoms with E-state index in [0.29, 0.717) is 46.4 Å². The lowest BCUT2D eigenvalue weighted by atomic mass is 9.64. The average molecular weight is 811 g/mol. The van der Waals surface area contributed by atoms with E-state index in [2.05, 4.69) is 52.3 Å². The van der Waals surface area contributed by atoms with Crippen molar-refractivity contribution in [2.75, 3.05) is 39.3 Å². The van der Waals surface area contributed by atoms with Crippen LogP contribution in [0.15, 0.2) is 54.6 Å². The van der Waals surface area contributed by atoms with Gasteiger partial charge in [-0.3, -0.25) is 0 Å². The van der Waals surface area contributed by atoms with Crippen LogP contribution in [0.2, 0.25) is 30.1 Å². The number of hydrogen-bond acceptors (Lipinski definition) is 3. The Labute approximate surface area is 335 Å². The topological polar surface area (TPSA) is 36.1 Å². The summed E-state index contributed by atoms with van der Waals surface area (Å²) in [7, 11) is 0. The van der Waals surface area contributed by atoms with Gasteiger partial charge < -0.3 is 16.0 Å². The van der Waals surface area contributed by atoms with E-state index in [1.54, 1.807) is 0 Å². The van der Waals surface area contributed by atoms with Gasteiger partial charge in [-0.1, -0.05) is 126 Å². The lowest BCUT2D eigenvalue weighted by molar-refractivity contribution is 0.243. The Morgan fingerprint density at radius 2 is 0.686 bits per heavy atom. The predicted octanol–water partition coefficient (Wildman–Crippen LogP) is 12.1. The Kier molecular flexibility index (Phi) is 12.5. The van der Waals surface area contributed by atoms with Gasteiger partial charge in [0.1, 0.15) is 0 Å². The zero-order valence-corrected chi connectivity index (χ0v) is 34.0. The van der Waals surface area contributed by atoms with E-state index < -0.39 is 0 Å². The van der Waals surface area contributed by atoms with Crippen molar-refractivity contribution in [1.29, 1.82) is 0 Å². The van der Waals surface area contributed by atoms with Gasteiger partial charge in [0.15, 0.2) is 0 Å². The Morgan fingerprint density at radius 1 is 0.392 bits per heavy atom. The molecular formula is C42H51Cl6N3. The van der Waals surface area contributed by atoms with Gasteiger partial charge >= 0.3 is 0 Å². The molecule has 0 aromatic heterocycles. The SMILES string of the molecule is Clc1ccc(C23CCCC[C@@H]2CNC3)cc1Cl.Clc1ccc(C23CCCC[C@H]2CNC3)cc1Cl.Clc1ccc(C23CCCC[C@H]2CNC3)cc1Cl. The maximum atomic E-state index is 6.17. The fourth-order valence-electron chi connectivity index (χ4n) is 10.8. The highest BCUT2D eigenvalue weighted by atomic mass is 35.5. The van der Waals surface area contributed by atoms with Gasteiger partial charge in [0.05, 0.1) is 30.1 Å². The lowest BCUT2D eigenvalue weighted by Crippen LogP contribution is -2.37. The standard InChI is InChI=1S/3C14H17Cl2N/c3*15-12-5-4-10(7-13(12)16)14-6-2-1-3-11(14)8-17-9-14/h3*4-5,7,11,17H,1-3,6,8-9H2/t3*11-,14?/m100/s1. The Balaban J connectivity index is 0.000000119. The summed E-state index contributed by atoms with van der Waals surface area (Å²) in [4.78, 5) is 0. The number of fused-ring (bicyclic) bond motifs is 3. The number of hydrogen-bond donors (Lipinski definition) is 3.